The lowest BCUT2D eigenvalue weighted by molar-refractivity contribution is 0.0981. The van der Waals surface area contributed by atoms with Gasteiger partial charge in [-0.05, 0) is 12.1 Å². The van der Waals surface area contributed by atoms with Crippen LogP contribution in [0, 0.1) is 0 Å². The molecule has 112 valence electrons. The van der Waals surface area contributed by atoms with Gasteiger partial charge < -0.3 is 9.84 Å². The highest BCUT2D eigenvalue weighted by atomic mass is 32.1. The molecule has 0 aliphatic rings. The molecule has 0 atom stereocenters. The van der Waals surface area contributed by atoms with Crippen molar-refractivity contribution in [3.8, 4) is 11.5 Å². The molecule has 1 aromatic carbocycles. The smallest absolute Gasteiger partial charge is 0.316 e. The van der Waals surface area contributed by atoms with E-state index in [1.807, 2.05) is 6.07 Å². The first-order valence-electron chi connectivity index (χ1n) is 6.44. The van der Waals surface area contributed by atoms with Crippen molar-refractivity contribution in [1.82, 2.24) is 28.9 Å². The number of nitrogens with zero attached hydrogens (tertiary/aromatic N) is 6. The van der Waals surface area contributed by atoms with E-state index in [0.29, 0.717) is 22.4 Å². The van der Waals surface area contributed by atoms with Crippen LogP contribution >= 0.6 is 11.7 Å². The quantitative estimate of drug-likeness (QED) is 0.605. The average molecular weight is 325 g/mol. The van der Waals surface area contributed by atoms with Gasteiger partial charge in [-0.2, -0.15) is 13.7 Å². The number of benzene rings is 1. The number of aromatic nitrogens is 6. The molecule has 4 aromatic rings. The Balaban J connectivity index is 1.60. The van der Waals surface area contributed by atoms with E-state index < -0.39 is 5.91 Å². The van der Waals surface area contributed by atoms with E-state index in [-0.39, 0.29) is 11.7 Å². The summed E-state index contributed by atoms with van der Waals surface area (Å²) in [5.41, 5.74) is 2.26. The fourth-order valence-electron chi connectivity index (χ4n) is 1.92. The van der Waals surface area contributed by atoms with Crippen LogP contribution in [0.3, 0.4) is 0 Å². The van der Waals surface area contributed by atoms with Crippen molar-refractivity contribution in [3.05, 3.63) is 42.7 Å². The maximum absolute atomic E-state index is 12.2. The molecule has 0 saturated heterocycles. The van der Waals surface area contributed by atoms with Crippen molar-refractivity contribution >= 4 is 34.4 Å². The molecule has 1 amide bonds. The first-order chi connectivity index (χ1) is 11.3. The normalized spacial score (nSPS) is 10.8. The molecule has 4 rings (SSSR count). The van der Waals surface area contributed by atoms with Gasteiger partial charge in [0.05, 0.1) is 23.6 Å². The minimum absolute atomic E-state index is 0.175. The summed E-state index contributed by atoms with van der Waals surface area (Å²) in [5.74, 6) is -0.518. The Bertz CT molecular complexity index is 982. The summed E-state index contributed by atoms with van der Waals surface area (Å²) >= 11 is 1.07. The van der Waals surface area contributed by atoms with E-state index >= 15 is 0 Å². The largest absolute Gasteiger partial charge is 0.328 e. The third-order valence-corrected chi connectivity index (χ3v) is 3.49. The van der Waals surface area contributed by atoms with Crippen LogP contribution in [0.1, 0.15) is 10.7 Å². The zero-order valence-corrected chi connectivity index (χ0v) is 12.2. The highest BCUT2D eigenvalue weighted by Crippen LogP contribution is 2.21. The SMILES string of the molecule is O=C(Nc1cccc2nsnc12)c1nc(-c2cnccn2)no1. The van der Waals surface area contributed by atoms with Gasteiger partial charge in [-0.1, -0.05) is 11.2 Å². The maximum Gasteiger partial charge on any atom is 0.316 e. The Morgan fingerprint density at radius 2 is 2.17 bits per heavy atom. The van der Waals surface area contributed by atoms with E-state index in [4.69, 9.17) is 4.52 Å². The van der Waals surface area contributed by atoms with Crippen molar-refractivity contribution in [3.63, 3.8) is 0 Å². The second-order valence-electron chi connectivity index (χ2n) is 4.41. The van der Waals surface area contributed by atoms with Gasteiger partial charge in [0.1, 0.15) is 16.7 Å². The molecule has 10 heteroatoms. The van der Waals surface area contributed by atoms with Crippen molar-refractivity contribution in [2.24, 2.45) is 0 Å². The summed E-state index contributed by atoms with van der Waals surface area (Å²) in [4.78, 5) is 24.2. The molecule has 0 saturated carbocycles. The fraction of sp³-hybridized carbons (Fsp3) is 0. The number of anilines is 1. The van der Waals surface area contributed by atoms with E-state index in [1.165, 1.54) is 18.6 Å². The summed E-state index contributed by atoms with van der Waals surface area (Å²) in [6.07, 6.45) is 4.51. The van der Waals surface area contributed by atoms with Crippen LogP contribution in [0.5, 0.6) is 0 Å². The molecular weight excluding hydrogens is 318 g/mol. The van der Waals surface area contributed by atoms with Crippen LogP contribution in [0.4, 0.5) is 5.69 Å². The molecule has 9 nitrogen and oxygen atoms in total. The Hall–Kier alpha value is -3.27. The van der Waals surface area contributed by atoms with Crippen LogP contribution < -0.4 is 5.32 Å². The maximum atomic E-state index is 12.2. The topological polar surface area (TPSA) is 120 Å². The highest BCUT2D eigenvalue weighted by molar-refractivity contribution is 7.00. The van der Waals surface area contributed by atoms with Gasteiger partial charge in [0.15, 0.2) is 0 Å². The van der Waals surface area contributed by atoms with Crippen LogP contribution in [0.15, 0.2) is 41.3 Å². The Labute approximate surface area is 132 Å². The fourth-order valence-corrected chi connectivity index (χ4v) is 2.47. The van der Waals surface area contributed by atoms with Gasteiger partial charge in [-0.3, -0.25) is 9.78 Å². The average Bonchev–Trinajstić information content (AvgIpc) is 3.25. The Morgan fingerprint density at radius 1 is 1.22 bits per heavy atom. The second-order valence-corrected chi connectivity index (χ2v) is 4.93. The summed E-state index contributed by atoms with van der Waals surface area (Å²) < 4.78 is 13.2. The van der Waals surface area contributed by atoms with Crippen LogP contribution in [0.25, 0.3) is 22.6 Å². The van der Waals surface area contributed by atoms with Gasteiger partial charge >= 0.3 is 11.8 Å². The summed E-state index contributed by atoms with van der Waals surface area (Å²) in [6.45, 7) is 0. The lowest BCUT2D eigenvalue weighted by atomic mass is 10.2. The number of rotatable bonds is 3. The summed E-state index contributed by atoms with van der Waals surface area (Å²) in [6, 6.07) is 5.31. The highest BCUT2D eigenvalue weighted by Gasteiger charge is 2.18. The van der Waals surface area contributed by atoms with E-state index in [2.05, 4.69) is 34.2 Å². The zero-order valence-electron chi connectivity index (χ0n) is 11.4. The van der Waals surface area contributed by atoms with E-state index in [0.717, 1.165) is 11.7 Å². The van der Waals surface area contributed by atoms with Crippen LogP contribution in [-0.4, -0.2) is 34.8 Å². The predicted molar refractivity (Wildman–Crippen MR) is 80.7 cm³/mol. The molecule has 23 heavy (non-hydrogen) atoms. The molecular formula is C13H7N7O2S. The van der Waals surface area contributed by atoms with Gasteiger partial charge in [-0.25, -0.2) is 4.98 Å². The number of nitrogens with one attached hydrogen (secondary N) is 1. The lowest BCUT2D eigenvalue weighted by Crippen LogP contribution is -2.12. The van der Waals surface area contributed by atoms with Gasteiger partial charge in [-0.15, -0.1) is 0 Å². The van der Waals surface area contributed by atoms with Gasteiger partial charge in [0.2, 0.25) is 5.82 Å². The summed E-state index contributed by atoms with van der Waals surface area (Å²) in [7, 11) is 0. The molecule has 0 spiro atoms. The third-order valence-electron chi connectivity index (χ3n) is 2.95. The van der Waals surface area contributed by atoms with E-state index in [9.17, 15) is 4.79 Å². The lowest BCUT2D eigenvalue weighted by Gasteiger charge is -2.01. The predicted octanol–water partition coefficient (Wildman–Crippen LogP) is 1.78. The number of amides is 1. The first kappa shape index (κ1) is 13.4. The molecule has 0 bridgehead atoms. The van der Waals surface area contributed by atoms with Crippen molar-refractivity contribution in [2.45, 2.75) is 0 Å². The molecule has 0 fully saturated rings. The van der Waals surface area contributed by atoms with Gasteiger partial charge in [0.25, 0.3) is 0 Å². The molecule has 1 N–H and O–H groups in total. The molecule has 0 radical (unpaired) electrons. The Morgan fingerprint density at radius 3 is 3.04 bits per heavy atom. The van der Waals surface area contributed by atoms with Gasteiger partial charge in [0, 0.05) is 12.4 Å². The van der Waals surface area contributed by atoms with Crippen LogP contribution in [-0.2, 0) is 0 Å². The summed E-state index contributed by atoms with van der Waals surface area (Å²) in [5, 5.41) is 6.41. The molecule has 0 unspecified atom stereocenters. The number of hydrogen-bond acceptors (Lipinski definition) is 9. The minimum Gasteiger partial charge on any atom is -0.328 e. The second kappa shape index (κ2) is 5.50. The number of fused-ring (bicyclic) bond motifs is 1. The molecule has 3 heterocycles. The van der Waals surface area contributed by atoms with Crippen molar-refractivity contribution in [1.29, 1.82) is 0 Å². The monoisotopic (exact) mass is 325 g/mol. The molecule has 3 aromatic heterocycles. The number of carbonyl (C=O) groups is 1. The first-order valence-corrected chi connectivity index (χ1v) is 7.17. The zero-order chi connectivity index (χ0) is 15.6. The standard InChI is InChI=1S/C13H7N7O2S/c21-12(16-7-2-1-3-8-10(7)20-23-19-8)13-17-11(18-22-13)9-6-14-4-5-15-9/h1-6H,(H,16,21). The minimum atomic E-state index is -0.534. The Kier molecular flexibility index (Phi) is 3.20. The number of hydrogen-bond donors (Lipinski definition) is 1. The van der Waals surface area contributed by atoms with Crippen molar-refractivity contribution in [2.75, 3.05) is 5.32 Å². The molecule has 0 aliphatic carbocycles. The van der Waals surface area contributed by atoms with Crippen LogP contribution in [0.2, 0.25) is 0 Å². The third kappa shape index (κ3) is 2.51. The van der Waals surface area contributed by atoms with E-state index in [1.54, 1.807) is 12.1 Å². The van der Waals surface area contributed by atoms with Crippen molar-refractivity contribution < 1.29 is 9.32 Å². The molecule has 0 aliphatic heterocycles. The number of carbonyl (C=O) groups excluding carboxylic acids is 1.